The van der Waals surface area contributed by atoms with Crippen molar-refractivity contribution in [2.24, 2.45) is 0 Å². The van der Waals surface area contributed by atoms with Crippen molar-refractivity contribution < 1.29 is 14.6 Å². The third-order valence-corrected chi connectivity index (χ3v) is 2.43. The number of unbranched alkanes of at least 4 members (excludes halogenated alkanes) is 1. The van der Waals surface area contributed by atoms with Crippen LogP contribution in [0.15, 0.2) is 24.3 Å². The highest BCUT2D eigenvalue weighted by Crippen LogP contribution is 2.20. The van der Waals surface area contributed by atoms with E-state index in [0.29, 0.717) is 12.0 Å². The fourth-order valence-electron chi connectivity index (χ4n) is 1.45. The van der Waals surface area contributed by atoms with Crippen LogP contribution in [0.2, 0.25) is 0 Å². The average Bonchev–Trinajstić information content (AvgIpc) is 2.26. The lowest BCUT2D eigenvalue weighted by atomic mass is 10.0. The summed E-state index contributed by atoms with van der Waals surface area (Å²) in [5.74, 6) is -0.339. The molecule has 1 aromatic rings. The predicted octanol–water partition coefficient (Wildman–Crippen LogP) is 2.41. The van der Waals surface area contributed by atoms with Gasteiger partial charge in [-0.25, -0.2) is 4.39 Å². The maximum atomic E-state index is 12.6. The number of halogens is 1. The van der Waals surface area contributed by atoms with Crippen molar-refractivity contribution in [1.29, 1.82) is 0 Å². The van der Waals surface area contributed by atoms with Crippen molar-refractivity contribution >= 4 is 0 Å². The van der Waals surface area contributed by atoms with Gasteiger partial charge in [0.05, 0.1) is 6.10 Å². The van der Waals surface area contributed by atoms with Gasteiger partial charge in [-0.15, -0.1) is 0 Å². The van der Waals surface area contributed by atoms with E-state index in [2.05, 4.69) is 0 Å². The molecule has 2 atom stereocenters. The maximum Gasteiger partial charge on any atom is 0.123 e. The lowest BCUT2D eigenvalue weighted by molar-refractivity contribution is 0.0122. The predicted molar refractivity (Wildman–Crippen MR) is 56.9 cm³/mol. The van der Waals surface area contributed by atoms with Gasteiger partial charge in [-0.2, -0.15) is 0 Å². The molecule has 0 heterocycles. The second-order valence-electron chi connectivity index (χ2n) is 3.71. The smallest absolute Gasteiger partial charge is 0.123 e. The van der Waals surface area contributed by atoms with E-state index >= 15 is 0 Å². The zero-order valence-electron chi connectivity index (χ0n) is 8.86. The third-order valence-electron chi connectivity index (χ3n) is 2.43. The second-order valence-corrected chi connectivity index (χ2v) is 3.71. The fraction of sp³-hybridized carbons (Fsp3) is 0.500. The number of aliphatic hydroxyl groups is 2. The highest BCUT2D eigenvalue weighted by Gasteiger charge is 2.17. The molecule has 0 spiro atoms. The first-order chi connectivity index (χ1) is 7.15. The van der Waals surface area contributed by atoms with Crippen LogP contribution in [0, 0.1) is 5.82 Å². The third kappa shape index (κ3) is 3.61. The van der Waals surface area contributed by atoms with Gasteiger partial charge in [-0.3, -0.25) is 0 Å². The Morgan fingerprint density at radius 2 is 1.80 bits per heavy atom. The number of rotatable bonds is 5. The number of hydrogen-bond donors (Lipinski definition) is 2. The van der Waals surface area contributed by atoms with E-state index in [1.165, 1.54) is 24.3 Å². The van der Waals surface area contributed by atoms with Crippen molar-refractivity contribution in [2.75, 3.05) is 0 Å². The SMILES string of the molecule is CCCCC(O)[C@H](O)c1ccc(F)cc1. The summed E-state index contributed by atoms with van der Waals surface area (Å²) in [6.07, 6.45) is 0.731. The Morgan fingerprint density at radius 1 is 1.20 bits per heavy atom. The minimum Gasteiger partial charge on any atom is -0.390 e. The summed E-state index contributed by atoms with van der Waals surface area (Å²) < 4.78 is 12.6. The second kappa shape index (κ2) is 5.83. The van der Waals surface area contributed by atoms with E-state index in [9.17, 15) is 14.6 Å². The van der Waals surface area contributed by atoms with Crippen molar-refractivity contribution in [2.45, 2.75) is 38.4 Å². The van der Waals surface area contributed by atoms with Crippen LogP contribution in [0.1, 0.15) is 37.9 Å². The van der Waals surface area contributed by atoms with Crippen molar-refractivity contribution in [3.8, 4) is 0 Å². The van der Waals surface area contributed by atoms with Gasteiger partial charge in [0.15, 0.2) is 0 Å². The summed E-state index contributed by atoms with van der Waals surface area (Å²) in [6.45, 7) is 2.02. The molecule has 2 nitrogen and oxygen atoms in total. The van der Waals surface area contributed by atoms with Crippen LogP contribution in [0.3, 0.4) is 0 Å². The molecule has 0 fully saturated rings. The molecule has 3 heteroatoms. The first-order valence-corrected chi connectivity index (χ1v) is 5.26. The standard InChI is InChI=1S/C12H17FO2/c1-2-3-4-11(14)12(15)9-5-7-10(13)8-6-9/h5-8,11-12,14-15H,2-4H2,1H3/t11?,12-/m1/s1. The molecular formula is C12H17FO2. The molecule has 15 heavy (non-hydrogen) atoms. The minimum atomic E-state index is -0.919. The van der Waals surface area contributed by atoms with Crippen LogP contribution in [0.4, 0.5) is 4.39 Å². The van der Waals surface area contributed by atoms with Crippen molar-refractivity contribution in [3.05, 3.63) is 35.6 Å². The van der Waals surface area contributed by atoms with Crippen molar-refractivity contribution in [3.63, 3.8) is 0 Å². The van der Waals surface area contributed by atoms with Crippen LogP contribution < -0.4 is 0 Å². The van der Waals surface area contributed by atoms with E-state index in [1.807, 2.05) is 6.92 Å². The molecule has 0 aliphatic heterocycles. The molecule has 0 aliphatic rings. The van der Waals surface area contributed by atoms with E-state index in [-0.39, 0.29) is 5.82 Å². The van der Waals surface area contributed by atoms with Crippen LogP contribution >= 0.6 is 0 Å². The average molecular weight is 212 g/mol. The van der Waals surface area contributed by atoms with E-state index in [4.69, 9.17) is 0 Å². The van der Waals surface area contributed by atoms with Crippen LogP contribution in [0.5, 0.6) is 0 Å². The van der Waals surface area contributed by atoms with Gasteiger partial charge in [0, 0.05) is 0 Å². The minimum absolute atomic E-state index is 0.339. The first kappa shape index (κ1) is 12.1. The van der Waals surface area contributed by atoms with E-state index in [1.54, 1.807) is 0 Å². The Hall–Kier alpha value is -0.930. The lowest BCUT2D eigenvalue weighted by Crippen LogP contribution is -2.17. The largest absolute Gasteiger partial charge is 0.390 e. The Kier molecular flexibility index (Phi) is 4.72. The maximum absolute atomic E-state index is 12.6. The molecule has 0 bridgehead atoms. The summed E-state index contributed by atoms with van der Waals surface area (Å²) in [4.78, 5) is 0. The molecule has 1 aromatic carbocycles. The number of hydrogen-bond acceptors (Lipinski definition) is 2. The molecule has 0 saturated carbocycles. The highest BCUT2D eigenvalue weighted by atomic mass is 19.1. The Balaban J connectivity index is 2.59. The highest BCUT2D eigenvalue weighted by molar-refractivity contribution is 5.19. The van der Waals surface area contributed by atoms with Gasteiger partial charge >= 0.3 is 0 Å². The molecule has 0 aromatic heterocycles. The molecule has 0 radical (unpaired) electrons. The molecular weight excluding hydrogens is 195 g/mol. The normalized spacial score (nSPS) is 14.9. The van der Waals surface area contributed by atoms with Gasteiger partial charge in [-0.1, -0.05) is 31.9 Å². The molecule has 1 unspecified atom stereocenters. The monoisotopic (exact) mass is 212 g/mol. The van der Waals surface area contributed by atoms with Gasteiger partial charge in [0.1, 0.15) is 11.9 Å². The summed E-state index contributed by atoms with van der Waals surface area (Å²) >= 11 is 0. The molecule has 0 saturated heterocycles. The van der Waals surface area contributed by atoms with Crippen molar-refractivity contribution in [1.82, 2.24) is 0 Å². The van der Waals surface area contributed by atoms with Gasteiger partial charge < -0.3 is 10.2 Å². The Labute approximate surface area is 89.4 Å². The van der Waals surface area contributed by atoms with Gasteiger partial charge in [0.25, 0.3) is 0 Å². The van der Waals surface area contributed by atoms with E-state index < -0.39 is 12.2 Å². The Bertz CT molecular complexity index is 284. The van der Waals surface area contributed by atoms with E-state index in [0.717, 1.165) is 12.8 Å². The van der Waals surface area contributed by atoms with Crippen LogP contribution in [-0.4, -0.2) is 16.3 Å². The fourth-order valence-corrected chi connectivity index (χ4v) is 1.45. The van der Waals surface area contributed by atoms with Crippen LogP contribution in [-0.2, 0) is 0 Å². The molecule has 0 aliphatic carbocycles. The quantitative estimate of drug-likeness (QED) is 0.786. The molecule has 2 N–H and O–H groups in total. The molecule has 0 amide bonds. The summed E-state index contributed by atoms with van der Waals surface area (Å²) in [6, 6.07) is 5.56. The van der Waals surface area contributed by atoms with Gasteiger partial charge in [0.2, 0.25) is 0 Å². The zero-order chi connectivity index (χ0) is 11.3. The summed E-state index contributed by atoms with van der Waals surface area (Å²) in [7, 11) is 0. The molecule has 1 rings (SSSR count). The summed E-state index contributed by atoms with van der Waals surface area (Å²) in [5.41, 5.74) is 0.556. The van der Waals surface area contributed by atoms with Gasteiger partial charge in [-0.05, 0) is 24.1 Å². The zero-order valence-corrected chi connectivity index (χ0v) is 8.86. The van der Waals surface area contributed by atoms with Crippen LogP contribution in [0.25, 0.3) is 0 Å². The number of benzene rings is 1. The number of aliphatic hydroxyl groups excluding tert-OH is 2. The topological polar surface area (TPSA) is 40.5 Å². The summed E-state index contributed by atoms with van der Waals surface area (Å²) in [5, 5.41) is 19.4. The lowest BCUT2D eigenvalue weighted by Gasteiger charge is -2.17. The first-order valence-electron chi connectivity index (χ1n) is 5.26. The Morgan fingerprint density at radius 3 is 2.33 bits per heavy atom. The molecule has 84 valence electrons.